The number of benzene rings is 2. The average molecular weight is 268 g/mol. The maximum atomic E-state index is 11.8. The van der Waals surface area contributed by atoms with Crippen molar-refractivity contribution < 1.29 is 4.79 Å². The van der Waals surface area contributed by atoms with Gasteiger partial charge in [0.15, 0.2) is 0 Å². The lowest BCUT2D eigenvalue weighted by Crippen LogP contribution is -2.24. The second-order valence-corrected chi connectivity index (χ2v) is 4.82. The van der Waals surface area contributed by atoms with Gasteiger partial charge in [0.2, 0.25) is 5.91 Å². The van der Waals surface area contributed by atoms with Crippen LogP contribution in [0, 0.1) is 0 Å². The molecule has 0 saturated heterocycles. The molecule has 2 aromatic carbocycles. The van der Waals surface area contributed by atoms with Crippen LogP contribution >= 0.6 is 0 Å². The van der Waals surface area contributed by atoms with Crippen molar-refractivity contribution in [2.75, 3.05) is 0 Å². The number of carbonyl (C=O) groups is 1. The molecule has 2 rings (SSSR count). The van der Waals surface area contributed by atoms with E-state index in [2.05, 4.69) is 5.32 Å². The second-order valence-electron chi connectivity index (χ2n) is 4.82. The summed E-state index contributed by atoms with van der Waals surface area (Å²) in [6, 6.07) is 19.7. The Morgan fingerprint density at radius 1 is 1.00 bits per heavy atom. The maximum absolute atomic E-state index is 11.8. The van der Waals surface area contributed by atoms with Crippen LogP contribution in [0.25, 0.3) is 0 Å². The number of hydrogen-bond donors (Lipinski definition) is 2. The Kier molecular flexibility index (Phi) is 5.33. The van der Waals surface area contributed by atoms with Gasteiger partial charge in [-0.25, -0.2) is 0 Å². The summed E-state index contributed by atoms with van der Waals surface area (Å²) in [6.07, 6.45) is 1.10. The van der Waals surface area contributed by atoms with E-state index < -0.39 is 0 Å². The topological polar surface area (TPSA) is 55.1 Å². The third kappa shape index (κ3) is 4.52. The molecule has 2 aromatic rings. The normalized spacial score (nSPS) is 11.8. The van der Waals surface area contributed by atoms with Gasteiger partial charge in [-0.2, -0.15) is 0 Å². The lowest BCUT2D eigenvalue weighted by atomic mass is 10.0. The van der Waals surface area contributed by atoms with Crippen molar-refractivity contribution in [1.82, 2.24) is 5.32 Å². The molecule has 0 aromatic heterocycles. The molecule has 1 unspecified atom stereocenters. The maximum Gasteiger partial charge on any atom is 0.220 e. The lowest BCUT2D eigenvalue weighted by molar-refractivity contribution is -0.121. The van der Waals surface area contributed by atoms with Crippen molar-refractivity contribution in [3.8, 4) is 0 Å². The summed E-state index contributed by atoms with van der Waals surface area (Å²) in [5, 5.41) is 2.91. The Morgan fingerprint density at radius 2 is 1.60 bits per heavy atom. The van der Waals surface area contributed by atoms with Crippen LogP contribution in [0.5, 0.6) is 0 Å². The van der Waals surface area contributed by atoms with Gasteiger partial charge in [0, 0.05) is 19.0 Å². The van der Waals surface area contributed by atoms with Crippen LogP contribution in [0.15, 0.2) is 60.7 Å². The number of amides is 1. The quantitative estimate of drug-likeness (QED) is 0.846. The molecule has 0 radical (unpaired) electrons. The summed E-state index contributed by atoms with van der Waals surface area (Å²) < 4.78 is 0. The van der Waals surface area contributed by atoms with E-state index in [0.717, 1.165) is 11.1 Å². The van der Waals surface area contributed by atoms with E-state index in [1.54, 1.807) is 0 Å². The molecule has 0 aliphatic carbocycles. The van der Waals surface area contributed by atoms with Crippen LogP contribution in [0.3, 0.4) is 0 Å². The zero-order valence-corrected chi connectivity index (χ0v) is 11.5. The van der Waals surface area contributed by atoms with Crippen molar-refractivity contribution in [1.29, 1.82) is 0 Å². The second kappa shape index (κ2) is 7.46. The van der Waals surface area contributed by atoms with Crippen molar-refractivity contribution in [2.24, 2.45) is 5.73 Å². The van der Waals surface area contributed by atoms with Crippen molar-refractivity contribution >= 4 is 5.91 Å². The van der Waals surface area contributed by atoms with Crippen LogP contribution in [0.4, 0.5) is 0 Å². The standard InChI is InChI=1S/C17H20N2O/c18-16(15-9-5-2-6-10-15)11-12-17(20)19-13-14-7-3-1-4-8-14/h1-10,16H,11-13,18H2,(H,19,20). The third-order valence-corrected chi connectivity index (χ3v) is 3.24. The van der Waals surface area contributed by atoms with E-state index in [-0.39, 0.29) is 11.9 Å². The molecule has 1 atom stereocenters. The average Bonchev–Trinajstić information content (AvgIpc) is 2.52. The minimum Gasteiger partial charge on any atom is -0.352 e. The Bertz CT molecular complexity index is 525. The van der Waals surface area contributed by atoms with Gasteiger partial charge in [-0.05, 0) is 17.5 Å². The van der Waals surface area contributed by atoms with Gasteiger partial charge in [0.25, 0.3) is 0 Å². The fourth-order valence-electron chi connectivity index (χ4n) is 2.04. The first kappa shape index (κ1) is 14.3. The Morgan fingerprint density at radius 3 is 2.25 bits per heavy atom. The smallest absolute Gasteiger partial charge is 0.220 e. The van der Waals surface area contributed by atoms with Gasteiger partial charge in [-0.1, -0.05) is 60.7 Å². The molecule has 3 heteroatoms. The van der Waals surface area contributed by atoms with Gasteiger partial charge in [-0.3, -0.25) is 4.79 Å². The molecule has 3 nitrogen and oxygen atoms in total. The number of nitrogens with two attached hydrogens (primary N) is 1. The van der Waals surface area contributed by atoms with E-state index in [1.807, 2.05) is 60.7 Å². The molecule has 0 heterocycles. The van der Waals surface area contributed by atoms with Gasteiger partial charge in [0.05, 0.1) is 0 Å². The van der Waals surface area contributed by atoms with Crippen LogP contribution in [-0.2, 0) is 11.3 Å². The largest absolute Gasteiger partial charge is 0.352 e. The van der Waals surface area contributed by atoms with Gasteiger partial charge in [-0.15, -0.1) is 0 Å². The van der Waals surface area contributed by atoms with Crippen LogP contribution in [0.2, 0.25) is 0 Å². The first-order chi connectivity index (χ1) is 9.75. The summed E-state index contributed by atoms with van der Waals surface area (Å²) in [5.74, 6) is 0.0419. The van der Waals surface area contributed by atoms with Crippen molar-refractivity contribution in [2.45, 2.75) is 25.4 Å². The molecule has 1 amide bonds. The number of rotatable bonds is 6. The number of carbonyl (C=O) groups excluding carboxylic acids is 1. The molecule has 0 saturated carbocycles. The number of nitrogens with one attached hydrogen (secondary N) is 1. The predicted octanol–water partition coefficient (Wildman–Crippen LogP) is 2.78. The molecule has 104 valence electrons. The SMILES string of the molecule is NC(CCC(=O)NCc1ccccc1)c1ccccc1. The molecule has 0 bridgehead atoms. The Labute approximate surface area is 119 Å². The fourth-order valence-corrected chi connectivity index (χ4v) is 2.04. The first-order valence-electron chi connectivity index (χ1n) is 6.87. The fraction of sp³-hybridized carbons (Fsp3) is 0.235. The predicted molar refractivity (Wildman–Crippen MR) is 80.9 cm³/mol. The lowest BCUT2D eigenvalue weighted by Gasteiger charge is -2.11. The highest BCUT2D eigenvalue weighted by atomic mass is 16.1. The Hall–Kier alpha value is -2.13. The summed E-state index contributed by atoms with van der Waals surface area (Å²) in [4.78, 5) is 11.8. The summed E-state index contributed by atoms with van der Waals surface area (Å²) >= 11 is 0. The highest BCUT2D eigenvalue weighted by molar-refractivity contribution is 5.75. The van der Waals surface area contributed by atoms with E-state index >= 15 is 0 Å². The molecule has 0 fully saturated rings. The van der Waals surface area contributed by atoms with Gasteiger partial charge < -0.3 is 11.1 Å². The van der Waals surface area contributed by atoms with Gasteiger partial charge >= 0.3 is 0 Å². The minimum absolute atomic E-state index is 0.0419. The molecule has 0 spiro atoms. The molecular weight excluding hydrogens is 248 g/mol. The molecule has 0 aliphatic rings. The summed E-state index contributed by atoms with van der Waals surface area (Å²) in [5.41, 5.74) is 8.25. The van der Waals surface area contributed by atoms with E-state index in [9.17, 15) is 4.79 Å². The van der Waals surface area contributed by atoms with Crippen molar-refractivity contribution in [3.05, 3.63) is 71.8 Å². The highest BCUT2D eigenvalue weighted by Gasteiger charge is 2.08. The number of hydrogen-bond acceptors (Lipinski definition) is 2. The van der Waals surface area contributed by atoms with Crippen LogP contribution < -0.4 is 11.1 Å². The summed E-state index contributed by atoms with van der Waals surface area (Å²) in [7, 11) is 0. The zero-order valence-electron chi connectivity index (χ0n) is 11.5. The first-order valence-corrected chi connectivity index (χ1v) is 6.87. The molecular formula is C17H20N2O. The monoisotopic (exact) mass is 268 g/mol. The molecule has 0 aliphatic heterocycles. The zero-order chi connectivity index (χ0) is 14.2. The molecule has 20 heavy (non-hydrogen) atoms. The third-order valence-electron chi connectivity index (χ3n) is 3.24. The summed E-state index contributed by atoms with van der Waals surface area (Å²) in [6.45, 7) is 0.570. The van der Waals surface area contributed by atoms with Crippen molar-refractivity contribution in [3.63, 3.8) is 0 Å². The van der Waals surface area contributed by atoms with Crippen LogP contribution in [-0.4, -0.2) is 5.91 Å². The highest BCUT2D eigenvalue weighted by Crippen LogP contribution is 2.14. The van der Waals surface area contributed by atoms with Gasteiger partial charge in [0.1, 0.15) is 0 Å². The Balaban J connectivity index is 1.73. The molecule has 3 N–H and O–H groups in total. The minimum atomic E-state index is -0.0846. The van der Waals surface area contributed by atoms with E-state index in [4.69, 9.17) is 5.73 Å². The van der Waals surface area contributed by atoms with Crippen LogP contribution in [0.1, 0.15) is 30.0 Å². The van der Waals surface area contributed by atoms with E-state index in [1.165, 1.54) is 0 Å². The van der Waals surface area contributed by atoms with E-state index in [0.29, 0.717) is 19.4 Å².